The largest absolute Gasteiger partial charge is 0.460 e. The van der Waals surface area contributed by atoms with Crippen LogP contribution in [0.15, 0.2) is 24.3 Å². The molecule has 0 spiro atoms. The van der Waals surface area contributed by atoms with Gasteiger partial charge < -0.3 is 9.64 Å². The molecule has 0 aromatic heterocycles. The molecule has 1 rings (SSSR count). The highest BCUT2D eigenvalue weighted by Gasteiger charge is 2.17. The molecule has 0 N–H and O–H groups in total. The molecule has 110 valence electrons. The third-order valence-electron chi connectivity index (χ3n) is 2.81. The van der Waals surface area contributed by atoms with Gasteiger partial charge in [-0.2, -0.15) is 0 Å². The molecule has 0 saturated carbocycles. The van der Waals surface area contributed by atoms with E-state index >= 15 is 0 Å². The van der Waals surface area contributed by atoms with Crippen LogP contribution in [0.2, 0.25) is 0 Å². The lowest BCUT2D eigenvalue weighted by molar-refractivity contribution is -0.155. The zero-order chi connectivity index (χ0) is 15.2. The minimum absolute atomic E-state index is 0.210. The van der Waals surface area contributed by atoms with Crippen molar-refractivity contribution >= 4 is 12.4 Å². The molecule has 0 bridgehead atoms. The highest BCUT2D eigenvalue weighted by Crippen LogP contribution is 2.11. The number of ether oxygens (including phenoxy) is 1. The van der Waals surface area contributed by atoms with Crippen LogP contribution in [0.1, 0.15) is 38.3 Å². The van der Waals surface area contributed by atoms with Crippen LogP contribution in [-0.2, 0) is 20.9 Å². The first-order chi connectivity index (χ1) is 9.31. The van der Waals surface area contributed by atoms with E-state index in [1.807, 2.05) is 52.0 Å². The van der Waals surface area contributed by atoms with Gasteiger partial charge in [-0.3, -0.25) is 9.59 Å². The average molecular weight is 277 g/mol. The van der Waals surface area contributed by atoms with Crippen LogP contribution in [0, 0.1) is 6.92 Å². The molecule has 0 atom stereocenters. The summed E-state index contributed by atoms with van der Waals surface area (Å²) in [6.07, 6.45) is 0.985. The first-order valence-electron chi connectivity index (χ1n) is 6.77. The van der Waals surface area contributed by atoms with Crippen LogP contribution < -0.4 is 0 Å². The summed E-state index contributed by atoms with van der Waals surface area (Å²) < 4.78 is 5.23. The van der Waals surface area contributed by atoms with Crippen molar-refractivity contribution < 1.29 is 14.3 Å². The summed E-state index contributed by atoms with van der Waals surface area (Å²) in [5.41, 5.74) is 1.74. The third-order valence-corrected chi connectivity index (χ3v) is 2.81. The molecule has 20 heavy (non-hydrogen) atoms. The summed E-state index contributed by atoms with van der Waals surface area (Å²) in [6, 6.07) is 7.90. The molecule has 0 fully saturated rings. The van der Waals surface area contributed by atoms with Gasteiger partial charge in [-0.05, 0) is 38.8 Å². The first kappa shape index (κ1) is 16.2. The van der Waals surface area contributed by atoms with Gasteiger partial charge in [0.25, 0.3) is 0 Å². The summed E-state index contributed by atoms with van der Waals surface area (Å²) >= 11 is 0. The van der Waals surface area contributed by atoms with Crippen LogP contribution >= 0.6 is 0 Å². The van der Waals surface area contributed by atoms with Gasteiger partial charge in [-0.25, -0.2) is 0 Å². The van der Waals surface area contributed by atoms with Crippen molar-refractivity contribution in [3.8, 4) is 0 Å². The van der Waals surface area contributed by atoms with E-state index < -0.39 is 5.60 Å². The summed E-state index contributed by atoms with van der Waals surface area (Å²) in [5, 5.41) is 0. The molecule has 0 aliphatic heterocycles. The van der Waals surface area contributed by atoms with Crippen LogP contribution in [0.5, 0.6) is 0 Å². The molecule has 1 aromatic rings. The summed E-state index contributed by atoms with van der Waals surface area (Å²) in [4.78, 5) is 24.3. The SMILES string of the molecule is Cc1ccccc1CN(C=O)CCC(=O)OC(C)(C)C. The standard InChI is InChI=1S/C16H23NO3/c1-13-7-5-6-8-14(13)11-17(12-18)10-9-15(19)20-16(2,3)4/h5-8,12H,9-11H2,1-4H3. The van der Waals surface area contributed by atoms with E-state index in [0.717, 1.165) is 17.5 Å². The fourth-order valence-corrected chi connectivity index (χ4v) is 1.80. The van der Waals surface area contributed by atoms with E-state index in [9.17, 15) is 9.59 Å². The Labute approximate surface area is 120 Å². The molecule has 1 aromatic carbocycles. The molecule has 4 heteroatoms. The van der Waals surface area contributed by atoms with Gasteiger partial charge >= 0.3 is 5.97 Å². The highest BCUT2D eigenvalue weighted by atomic mass is 16.6. The Kier molecular flexibility index (Phi) is 5.74. The average Bonchev–Trinajstić information content (AvgIpc) is 2.34. The lowest BCUT2D eigenvalue weighted by Gasteiger charge is -2.22. The maximum Gasteiger partial charge on any atom is 0.308 e. The topological polar surface area (TPSA) is 46.6 Å². The normalized spacial score (nSPS) is 11.0. The monoisotopic (exact) mass is 277 g/mol. The lowest BCUT2D eigenvalue weighted by atomic mass is 10.1. The second-order valence-electron chi connectivity index (χ2n) is 5.84. The van der Waals surface area contributed by atoms with E-state index in [1.54, 1.807) is 4.90 Å². The molecule has 0 saturated heterocycles. The van der Waals surface area contributed by atoms with Gasteiger partial charge in [0.1, 0.15) is 5.60 Å². The molecular formula is C16H23NO3. The number of esters is 1. The van der Waals surface area contributed by atoms with Gasteiger partial charge in [0.2, 0.25) is 6.41 Å². The van der Waals surface area contributed by atoms with E-state index in [2.05, 4.69) is 0 Å². The summed E-state index contributed by atoms with van der Waals surface area (Å²) in [6.45, 7) is 8.37. The van der Waals surface area contributed by atoms with Gasteiger partial charge in [0, 0.05) is 13.1 Å². The Bertz CT molecular complexity index is 463. The van der Waals surface area contributed by atoms with Crippen LogP contribution in [0.25, 0.3) is 0 Å². The van der Waals surface area contributed by atoms with E-state index in [1.165, 1.54) is 0 Å². The van der Waals surface area contributed by atoms with Crippen LogP contribution in [-0.4, -0.2) is 29.4 Å². The molecule has 0 unspecified atom stereocenters. The molecule has 4 nitrogen and oxygen atoms in total. The zero-order valence-corrected chi connectivity index (χ0v) is 12.7. The van der Waals surface area contributed by atoms with Gasteiger partial charge in [-0.15, -0.1) is 0 Å². The Morgan fingerprint density at radius 2 is 1.95 bits per heavy atom. The Hall–Kier alpha value is -1.84. The van der Waals surface area contributed by atoms with Gasteiger partial charge in [0.05, 0.1) is 6.42 Å². The van der Waals surface area contributed by atoms with Crippen molar-refractivity contribution in [2.24, 2.45) is 0 Å². The number of nitrogens with zero attached hydrogens (tertiary/aromatic N) is 1. The lowest BCUT2D eigenvalue weighted by Crippen LogP contribution is -2.29. The Balaban J connectivity index is 2.50. The number of carbonyl (C=O) groups excluding carboxylic acids is 2. The molecule has 0 aliphatic rings. The zero-order valence-electron chi connectivity index (χ0n) is 12.7. The van der Waals surface area contributed by atoms with E-state index in [0.29, 0.717) is 13.1 Å². The second-order valence-corrected chi connectivity index (χ2v) is 5.84. The van der Waals surface area contributed by atoms with Gasteiger partial charge in [0.15, 0.2) is 0 Å². The Morgan fingerprint density at radius 3 is 2.50 bits per heavy atom. The summed E-state index contributed by atoms with van der Waals surface area (Å²) in [7, 11) is 0. The van der Waals surface area contributed by atoms with Crippen molar-refractivity contribution in [3.63, 3.8) is 0 Å². The van der Waals surface area contributed by atoms with Crippen LogP contribution in [0.4, 0.5) is 0 Å². The predicted octanol–water partition coefficient (Wildman–Crippen LogP) is 2.69. The third kappa shape index (κ3) is 5.87. The number of hydrogen-bond donors (Lipinski definition) is 0. The van der Waals surface area contributed by atoms with Crippen molar-refractivity contribution in [3.05, 3.63) is 35.4 Å². The molecular weight excluding hydrogens is 254 g/mol. The molecule has 0 radical (unpaired) electrons. The number of aryl methyl sites for hydroxylation is 1. The number of benzene rings is 1. The fraction of sp³-hybridized carbons (Fsp3) is 0.500. The Morgan fingerprint density at radius 1 is 1.30 bits per heavy atom. The number of carbonyl (C=O) groups is 2. The molecule has 0 aliphatic carbocycles. The smallest absolute Gasteiger partial charge is 0.308 e. The van der Waals surface area contributed by atoms with Gasteiger partial charge in [-0.1, -0.05) is 24.3 Å². The first-order valence-corrected chi connectivity index (χ1v) is 6.77. The summed E-state index contributed by atoms with van der Waals surface area (Å²) in [5.74, 6) is -0.283. The van der Waals surface area contributed by atoms with E-state index in [4.69, 9.17) is 4.74 Å². The minimum Gasteiger partial charge on any atom is -0.460 e. The number of amides is 1. The van der Waals surface area contributed by atoms with Crippen molar-refractivity contribution in [1.82, 2.24) is 4.90 Å². The highest BCUT2D eigenvalue weighted by molar-refractivity contribution is 5.70. The second kappa shape index (κ2) is 7.08. The van der Waals surface area contributed by atoms with Crippen molar-refractivity contribution in [2.75, 3.05) is 6.54 Å². The predicted molar refractivity (Wildman–Crippen MR) is 78.1 cm³/mol. The van der Waals surface area contributed by atoms with E-state index in [-0.39, 0.29) is 12.4 Å². The van der Waals surface area contributed by atoms with Crippen LogP contribution in [0.3, 0.4) is 0 Å². The van der Waals surface area contributed by atoms with Crippen molar-refractivity contribution in [2.45, 2.75) is 46.3 Å². The molecule has 0 heterocycles. The van der Waals surface area contributed by atoms with Crippen molar-refractivity contribution in [1.29, 1.82) is 0 Å². The number of rotatable bonds is 6. The maximum absolute atomic E-state index is 11.6. The maximum atomic E-state index is 11.6. The minimum atomic E-state index is -0.487. The molecule has 1 amide bonds. The quantitative estimate of drug-likeness (QED) is 0.593. The number of hydrogen-bond acceptors (Lipinski definition) is 3. The fourth-order valence-electron chi connectivity index (χ4n) is 1.80.